The molecule has 0 amide bonds. The van der Waals surface area contributed by atoms with E-state index in [9.17, 15) is 0 Å². The highest BCUT2D eigenvalue weighted by atomic mass is 16.4. The molecule has 7 heteroatoms. The third kappa shape index (κ3) is 5.94. The van der Waals surface area contributed by atoms with Crippen LogP contribution in [0.25, 0.3) is 5.69 Å². The van der Waals surface area contributed by atoms with E-state index in [-0.39, 0.29) is 5.41 Å². The van der Waals surface area contributed by atoms with Gasteiger partial charge in [0.2, 0.25) is 5.89 Å². The molecule has 0 saturated carbocycles. The Bertz CT molecular complexity index is 920. The molecule has 154 valence electrons. The average Bonchev–Trinajstić information content (AvgIpc) is 3.36. The molecule has 3 rings (SSSR count). The van der Waals surface area contributed by atoms with Gasteiger partial charge in [0, 0.05) is 24.7 Å². The number of para-hydroxylation sites is 1. The van der Waals surface area contributed by atoms with Crippen LogP contribution < -0.4 is 10.6 Å². The van der Waals surface area contributed by atoms with Crippen molar-refractivity contribution >= 4 is 5.96 Å². The predicted molar refractivity (Wildman–Crippen MR) is 115 cm³/mol. The van der Waals surface area contributed by atoms with Gasteiger partial charge in [-0.05, 0) is 31.0 Å². The Morgan fingerprint density at radius 1 is 1.14 bits per heavy atom. The van der Waals surface area contributed by atoms with Crippen LogP contribution in [-0.4, -0.2) is 33.8 Å². The fraction of sp³-hybridized carbons (Fsp3) is 0.409. The molecule has 3 aromatic rings. The molecule has 2 N–H and O–H groups in total. The van der Waals surface area contributed by atoms with E-state index in [1.165, 1.54) is 5.56 Å². The molecule has 0 bridgehead atoms. The second kappa shape index (κ2) is 9.41. The minimum atomic E-state index is -0.0537. The number of benzene rings is 1. The number of aliphatic imine (C=N–C) groups is 1. The second-order valence-electron chi connectivity index (χ2n) is 7.87. The van der Waals surface area contributed by atoms with Crippen LogP contribution in [0, 0.1) is 0 Å². The van der Waals surface area contributed by atoms with Crippen molar-refractivity contribution in [2.24, 2.45) is 4.99 Å². The van der Waals surface area contributed by atoms with Crippen LogP contribution >= 0.6 is 0 Å². The Balaban J connectivity index is 1.53. The van der Waals surface area contributed by atoms with Crippen LogP contribution in [0.5, 0.6) is 0 Å². The topological polar surface area (TPSA) is 80.3 Å². The first-order valence-corrected chi connectivity index (χ1v) is 10.0. The minimum absolute atomic E-state index is 0.0537. The lowest BCUT2D eigenvalue weighted by Crippen LogP contribution is -2.38. The van der Waals surface area contributed by atoms with Gasteiger partial charge in [-0.2, -0.15) is 5.10 Å². The third-order valence-electron chi connectivity index (χ3n) is 4.37. The zero-order valence-corrected chi connectivity index (χ0v) is 17.6. The molecule has 0 atom stereocenters. The number of aromatic nitrogens is 3. The van der Waals surface area contributed by atoms with E-state index < -0.39 is 0 Å². The van der Waals surface area contributed by atoms with Crippen LogP contribution in [-0.2, 0) is 18.4 Å². The highest BCUT2D eigenvalue weighted by Gasteiger charge is 2.19. The number of hydrogen-bond acceptors (Lipinski definition) is 4. The van der Waals surface area contributed by atoms with Crippen molar-refractivity contribution in [3.8, 4) is 5.69 Å². The quantitative estimate of drug-likeness (QED) is 0.474. The van der Waals surface area contributed by atoms with Gasteiger partial charge in [0.05, 0.1) is 18.1 Å². The summed E-state index contributed by atoms with van der Waals surface area (Å²) in [5, 5.41) is 11.1. The Morgan fingerprint density at radius 2 is 1.93 bits per heavy atom. The van der Waals surface area contributed by atoms with E-state index >= 15 is 0 Å². The molecule has 1 aromatic carbocycles. The van der Waals surface area contributed by atoms with Gasteiger partial charge in [0.1, 0.15) is 12.3 Å². The van der Waals surface area contributed by atoms with Crippen molar-refractivity contribution in [3.05, 3.63) is 66.1 Å². The summed E-state index contributed by atoms with van der Waals surface area (Å²) >= 11 is 0. The van der Waals surface area contributed by atoms with E-state index in [0.717, 1.165) is 36.9 Å². The zero-order valence-electron chi connectivity index (χ0n) is 17.6. The molecular formula is C22H30N6O. The van der Waals surface area contributed by atoms with E-state index in [0.29, 0.717) is 12.4 Å². The molecule has 2 heterocycles. The molecule has 0 radical (unpaired) electrons. The Hall–Kier alpha value is -3.09. The fourth-order valence-corrected chi connectivity index (χ4v) is 2.75. The molecule has 0 aliphatic heterocycles. The molecule has 0 spiro atoms. The summed E-state index contributed by atoms with van der Waals surface area (Å²) in [6, 6.07) is 10.1. The van der Waals surface area contributed by atoms with Gasteiger partial charge in [0.25, 0.3) is 0 Å². The average molecular weight is 395 g/mol. The van der Waals surface area contributed by atoms with E-state index in [2.05, 4.69) is 52.7 Å². The van der Waals surface area contributed by atoms with E-state index in [1.807, 2.05) is 48.1 Å². The molecule has 2 aromatic heterocycles. The number of nitrogens with one attached hydrogen (secondary N) is 2. The lowest BCUT2D eigenvalue weighted by Gasteiger charge is -2.13. The monoisotopic (exact) mass is 394 g/mol. The summed E-state index contributed by atoms with van der Waals surface area (Å²) in [5.74, 6) is 2.24. The summed E-state index contributed by atoms with van der Waals surface area (Å²) in [6.45, 7) is 10.3. The molecule has 0 unspecified atom stereocenters. The first kappa shape index (κ1) is 20.6. The van der Waals surface area contributed by atoms with Crippen molar-refractivity contribution < 1.29 is 4.42 Å². The van der Waals surface area contributed by atoms with Crippen molar-refractivity contribution in [2.75, 3.05) is 13.1 Å². The standard InChI is InChI=1S/C22H30N6O/c1-5-23-21(26-15-20-25-14-19(29-20)22(2,3)4)24-12-11-17-13-27-28(16-17)18-9-7-6-8-10-18/h6-10,13-14,16H,5,11-12,15H2,1-4H3,(H2,23,24,26). The zero-order chi connectivity index (χ0) is 20.7. The second-order valence-corrected chi connectivity index (χ2v) is 7.87. The fourth-order valence-electron chi connectivity index (χ4n) is 2.75. The molecule has 0 fully saturated rings. The largest absolute Gasteiger partial charge is 0.443 e. The summed E-state index contributed by atoms with van der Waals surface area (Å²) in [5.41, 5.74) is 2.17. The Labute approximate surface area is 172 Å². The van der Waals surface area contributed by atoms with Crippen molar-refractivity contribution in [3.63, 3.8) is 0 Å². The maximum absolute atomic E-state index is 5.81. The van der Waals surface area contributed by atoms with E-state index in [1.54, 1.807) is 6.20 Å². The van der Waals surface area contributed by atoms with Crippen molar-refractivity contribution in [1.82, 2.24) is 25.4 Å². The van der Waals surface area contributed by atoms with Gasteiger partial charge in [-0.1, -0.05) is 39.0 Å². The van der Waals surface area contributed by atoms with Crippen molar-refractivity contribution in [1.29, 1.82) is 0 Å². The summed E-state index contributed by atoms with van der Waals surface area (Å²) in [7, 11) is 0. The number of hydrogen-bond donors (Lipinski definition) is 2. The molecule has 0 aliphatic carbocycles. The Morgan fingerprint density at radius 3 is 2.62 bits per heavy atom. The molecule has 7 nitrogen and oxygen atoms in total. The van der Waals surface area contributed by atoms with Gasteiger partial charge in [-0.15, -0.1) is 0 Å². The maximum atomic E-state index is 5.81. The number of guanidine groups is 1. The first-order chi connectivity index (χ1) is 14.0. The number of rotatable bonds is 7. The molecule has 0 aliphatic rings. The van der Waals surface area contributed by atoms with Crippen LogP contribution in [0.4, 0.5) is 0 Å². The predicted octanol–water partition coefficient (Wildman–Crippen LogP) is 3.46. The lowest BCUT2D eigenvalue weighted by atomic mass is 9.94. The maximum Gasteiger partial charge on any atom is 0.216 e. The minimum Gasteiger partial charge on any atom is -0.443 e. The van der Waals surface area contributed by atoms with Gasteiger partial charge in [-0.3, -0.25) is 0 Å². The third-order valence-corrected chi connectivity index (χ3v) is 4.37. The molecular weight excluding hydrogens is 364 g/mol. The summed E-state index contributed by atoms with van der Waals surface area (Å²) in [6.07, 6.45) is 6.60. The molecule has 0 saturated heterocycles. The van der Waals surface area contributed by atoms with Crippen LogP contribution in [0.3, 0.4) is 0 Å². The summed E-state index contributed by atoms with van der Waals surface area (Å²) < 4.78 is 7.70. The number of oxazole rings is 1. The highest BCUT2D eigenvalue weighted by molar-refractivity contribution is 5.79. The van der Waals surface area contributed by atoms with Crippen LogP contribution in [0.1, 0.15) is 44.9 Å². The first-order valence-electron chi connectivity index (χ1n) is 10.0. The van der Waals surface area contributed by atoms with Crippen LogP contribution in [0.15, 0.2) is 58.3 Å². The molecule has 29 heavy (non-hydrogen) atoms. The highest BCUT2D eigenvalue weighted by Crippen LogP contribution is 2.22. The van der Waals surface area contributed by atoms with Gasteiger partial charge < -0.3 is 15.1 Å². The van der Waals surface area contributed by atoms with Gasteiger partial charge >= 0.3 is 0 Å². The lowest BCUT2D eigenvalue weighted by molar-refractivity contribution is 0.383. The van der Waals surface area contributed by atoms with Gasteiger partial charge in [0.15, 0.2) is 5.96 Å². The van der Waals surface area contributed by atoms with Gasteiger partial charge in [-0.25, -0.2) is 14.7 Å². The number of nitrogens with zero attached hydrogens (tertiary/aromatic N) is 4. The normalized spacial score (nSPS) is 12.2. The van der Waals surface area contributed by atoms with E-state index in [4.69, 9.17) is 4.42 Å². The summed E-state index contributed by atoms with van der Waals surface area (Å²) in [4.78, 5) is 8.91. The van der Waals surface area contributed by atoms with Crippen LogP contribution in [0.2, 0.25) is 0 Å². The SMILES string of the molecule is CCNC(=NCc1ncc(C(C)(C)C)o1)NCCc1cnn(-c2ccccc2)c1. The Kier molecular flexibility index (Phi) is 6.69. The van der Waals surface area contributed by atoms with Crippen molar-refractivity contribution in [2.45, 2.75) is 46.1 Å². The smallest absolute Gasteiger partial charge is 0.216 e.